The molecule has 7 heteroatoms. The van der Waals surface area contributed by atoms with Gasteiger partial charge in [0.2, 0.25) is 0 Å². The number of phenolic OH excluding ortho intramolecular Hbond substituents is 1. The Bertz CT molecular complexity index is 1450. The predicted molar refractivity (Wildman–Crippen MR) is 134 cm³/mol. The second-order valence-corrected chi connectivity index (χ2v) is 8.28. The van der Waals surface area contributed by atoms with Crippen LogP contribution in [0.1, 0.15) is 36.5 Å². The molecule has 0 radical (unpaired) electrons. The summed E-state index contributed by atoms with van der Waals surface area (Å²) >= 11 is 0. The Morgan fingerprint density at radius 1 is 1.03 bits per heavy atom. The normalized spacial score (nSPS) is 11.5. The number of rotatable bonds is 6. The van der Waals surface area contributed by atoms with Crippen LogP contribution in [0.3, 0.4) is 0 Å². The summed E-state index contributed by atoms with van der Waals surface area (Å²) < 4.78 is 12.0. The van der Waals surface area contributed by atoms with E-state index in [2.05, 4.69) is 18.9 Å². The van der Waals surface area contributed by atoms with Crippen LogP contribution >= 0.6 is 0 Å². The van der Waals surface area contributed by atoms with E-state index in [9.17, 15) is 9.90 Å². The lowest BCUT2D eigenvalue weighted by atomic mass is 9.96. The Balaban J connectivity index is 1.99. The summed E-state index contributed by atoms with van der Waals surface area (Å²) in [6.45, 7) is 6.12. The molecule has 0 aliphatic carbocycles. The number of benzene rings is 3. The SMILES string of the molecule is COc1cc(C)c(-c2nc3ccccc3c(=O)n2N=Cc2cccc(OC)c2O)cc1C(C)C. The van der Waals surface area contributed by atoms with E-state index in [1.165, 1.54) is 18.0 Å². The van der Waals surface area contributed by atoms with Gasteiger partial charge in [-0.05, 0) is 60.4 Å². The standard InChI is InChI=1S/C27H27N3O4/c1-16(2)20-14-21(17(3)13-24(20)34-5)26-29-22-11-7-6-10-19(22)27(32)30(26)28-15-18-9-8-12-23(33-4)25(18)31/h6-16,31H,1-5H3. The molecule has 174 valence electrons. The van der Waals surface area contributed by atoms with Crippen molar-refractivity contribution >= 4 is 17.1 Å². The van der Waals surface area contributed by atoms with Crippen LogP contribution in [-0.4, -0.2) is 35.2 Å². The maximum atomic E-state index is 13.5. The molecule has 0 fully saturated rings. The molecule has 7 nitrogen and oxygen atoms in total. The number of aryl methyl sites for hydroxylation is 1. The number of aromatic hydroxyl groups is 1. The van der Waals surface area contributed by atoms with Gasteiger partial charge in [-0.3, -0.25) is 4.79 Å². The lowest BCUT2D eigenvalue weighted by Crippen LogP contribution is -2.20. The van der Waals surface area contributed by atoms with Gasteiger partial charge in [0.15, 0.2) is 17.3 Å². The molecule has 0 aliphatic rings. The van der Waals surface area contributed by atoms with Gasteiger partial charge in [0.05, 0.1) is 31.3 Å². The van der Waals surface area contributed by atoms with Gasteiger partial charge in [-0.15, -0.1) is 0 Å². The molecule has 0 unspecified atom stereocenters. The molecule has 34 heavy (non-hydrogen) atoms. The zero-order chi connectivity index (χ0) is 24.4. The second kappa shape index (κ2) is 9.39. The van der Waals surface area contributed by atoms with Gasteiger partial charge < -0.3 is 14.6 Å². The quantitative estimate of drug-likeness (QED) is 0.407. The van der Waals surface area contributed by atoms with Crippen molar-refractivity contribution in [2.24, 2.45) is 5.10 Å². The monoisotopic (exact) mass is 457 g/mol. The number of methoxy groups -OCH3 is 2. The first-order chi connectivity index (χ1) is 16.3. The van der Waals surface area contributed by atoms with Crippen LogP contribution in [0.2, 0.25) is 0 Å². The van der Waals surface area contributed by atoms with E-state index in [1.54, 1.807) is 37.4 Å². The molecule has 1 aromatic heterocycles. The van der Waals surface area contributed by atoms with Gasteiger partial charge in [-0.1, -0.05) is 32.0 Å². The highest BCUT2D eigenvalue weighted by Gasteiger charge is 2.18. The fourth-order valence-electron chi connectivity index (χ4n) is 3.90. The first-order valence-electron chi connectivity index (χ1n) is 11.0. The number of phenols is 1. The van der Waals surface area contributed by atoms with Crippen LogP contribution in [0.15, 0.2) is 64.5 Å². The zero-order valence-electron chi connectivity index (χ0n) is 19.9. The Morgan fingerprint density at radius 2 is 1.76 bits per heavy atom. The molecule has 0 aliphatic heterocycles. The minimum absolute atomic E-state index is 0.0557. The third-order valence-electron chi connectivity index (χ3n) is 5.76. The zero-order valence-corrected chi connectivity index (χ0v) is 19.9. The summed E-state index contributed by atoms with van der Waals surface area (Å²) in [4.78, 5) is 18.3. The van der Waals surface area contributed by atoms with E-state index >= 15 is 0 Å². The van der Waals surface area contributed by atoms with E-state index in [-0.39, 0.29) is 17.2 Å². The lowest BCUT2D eigenvalue weighted by molar-refractivity contribution is 0.373. The average Bonchev–Trinajstić information content (AvgIpc) is 2.83. The van der Waals surface area contributed by atoms with Gasteiger partial charge >= 0.3 is 0 Å². The number of nitrogens with zero attached hydrogens (tertiary/aromatic N) is 3. The van der Waals surface area contributed by atoms with Crippen molar-refractivity contribution in [1.29, 1.82) is 0 Å². The molecule has 0 spiro atoms. The molecule has 0 amide bonds. The van der Waals surface area contributed by atoms with Crippen molar-refractivity contribution in [1.82, 2.24) is 9.66 Å². The summed E-state index contributed by atoms with van der Waals surface area (Å²) in [7, 11) is 3.13. The van der Waals surface area contributed by atoms with Gasteiger partial charge in [0.25, 0.3) is 5.56 Å². The van der Waals surface area contributed by atoms with Crippen LogP contribution in [0, 0.1) is 6.92 Å². The van der Waals surface area contributed by atoms with Crippen LogP contribution in [0.25, 0.3) is 22.3 Å². The van der Waals surface area contributed by atoms with E-state index in [0.29, 0.717) is 28.0 Å². The minimum Gasteiger partial charge on any atom is -0.504 e. The number of aromatic nitrogens is 2. The van der Waals surface area contributed by atoms with Crippen molar-refractivity contribution in [2.75, 3.05) is 14.2 Å². The van der Waals surface area contributed by atoms with Gasteiger partial charge in [-0.2, -0.15) is 9.78 Å². The van der Waals surface area contributed by atoms with Crippen molar-refractivity contribution in [3.63, 3.8) is 0 Å². The summed E-state index contributed by atoms with van der Waals surface area (Å²) in [5, 5.41) is 15.4. The van der Waals surface area contributed by atoms with E-state index in [4.69, 9.17) is 14.5 Å². The van der Waals surface area contributed by atoms with E-state index < -0.39 is 0 Å². The molecule has 0 bridgehead atoms. The Labute approximate surface area is 197 Å². The number of hydrogen-bond donors (Lipinski definition) is 1. The van der Waals surface area contributed by atoms with E-state index in [0.717, 1.165) is 22.4 Å². The van der Waals surface area contributed by atoms with E-state index in [1.807, 2.05) is 31.2 Å². The van der Waals surface area contributed by atoms with Gasteiger partial charge in [-0.25, -0.2) is 4.98 Å². The number of ether oxygens (including phenoxy) is 2. The summed E-state index contributed by atoms with van der Waals surface area (Å²) in [6.07, 6.45) is 1.43. The van der Waals surface area contributed by atoms with Crippen LogP contribution in [0.5, 0.6) is 17.2 Å². The predicted octanol–water partition coefficient (Wildman–Crippen LogP) is 5.10. The molecular formula is C27H27N3O4. The third kappa shape index (κ3) is 4.12. The summed E-state index contributed by atoms with van der Waals surface area (Å²) in [6, 6.07) is 16.2. The molecule has 0 saturated heterocycles. The highest BCUT2D eigenvalue weighted by molar-refractivity contribution is 5.85. The Hall–Kier alpha value is -4.13. The van der Waals surface area contributed by atoms with Crippen LogP contribution < -0.4 is 15.0 Å². The lowest BCUT2D eigenvalue weighted by Gasteiger charge is -2.17. The highest BCUT2D eigenvalue weighted by Crippen LogP contribution is 2.34. The first-order valence-corrected chi connectivity index (χ1v) is 11.0. The molecule has 4 aromatic rings. The first kappa shape index (κ1) is 23.0. The molecule has 1 heterocycles. The molecule has 1 N–H and O–H groups in total. The van der Waals surface area contributed by atoms with Crippen molar-refractivity contribution in [3.8, 4) is 28.6 Å². The minimum atomic E-state index is -0.305. The largest absolute Gasteiger partial charge is 0.504 e. The van der Waals surface area contributed by atoms with Gasteiger partial charge in [0.1, 0.15) is 5.75 Å². The summed E-state index contributed by atoms with van der Waals surface area (Å²) in [5.74, 6) is 1.66. The summed E-state index contributed by atoms with van der Waals surface area (Å²) in [5.41, 5.74) is 3.38. The Kier molecular flexibility index (Phi) is 6.36. The third-order valence-corrected chi connectivity index (χ3v) is 5.76. The fourth-order valence-corrected chi connectivity index (χ4v) is 3.90. The molecule has 0 atom stereocenters. The average molecular weight is 458 g/mol. The molecule has 4 rings (SSSR count). The van der Waals surface area contributed by atoms with Crippen LogP contribution in [0.4, 0.5) is 0 Å². The molecule has 3 aromatic carbocycles. The maximum Gasteiger partial charge on any atom is 0.282 e. The van der Waals surface area contributed by atoms with Crippen molar-refractivity contribution < 1.29 is 14.6 Å². The highest BCUT2D eigenvalue weighted by atomic mass is 16.5. The smallest absolute Gasteiger partial charge is 0.282 e. The molecular weight excluding hydrogens is 430 g/mol. The number of hydrogen-bond acceptors (Lipinski definition) is 6. The Morgan fingerprint density at radius 3 is 2.47 bits per heavy atom. The topological polar surface area (TPSA) is 85.9 Å². The second-order valence-electron chi connectivity index (χ2n) is 8.28. The number of fused-ring (bicyclic) bond motifs is 1. The fraction of sp³-hybridized carbons (Fsp3) is 0.222. The molecule has 0 saturated carbocycles. The van der Waals surface area contributed by atoms with Crippen LogP contribution in [-0.2, 0) is 0 Å². The number of para-hydroxylation sites is 2. The van der Waals surface area contributed by atoms with Crippen molar-refractivity contribution in [3.05, 3.63) is 81.6 Å². The van der Waals surface area contributed by atoms with Crippen molar-refractivity contribution in [2.45, 2.75) is 26.7 Å². The van der Waals surface area contributed by atoms with Gasteiger partial charge in [0, 0.05) is 11.1 Å². The maximum absolute atomic E-state index is 13.5.